The van der Waals surface area contributed by atoms with Gasteiger partial charge in [-0.3, -0.25) is 0 Å². The van der Waals surface area contributed by atoms with Crippen LogP contribution in [0.3, 0.4) is 0 Å². The summed E-state index contributed by atoms with van der Waals surface area (Å²) in [5.41, 5.74) is 8.43. The van der Waals surface area contributed by atoms with Crippen molar-refractivity contribution >= 4 is 27.1 Å². The second kappa shape index (κ2) is 4.68. The molecule has 2 heterocycles. The minimum absolute atomic E-state index is 0.641. The number of anilines is 1. The van der Waals surface area contributed by atoms with Gasteiger partial charge in [0.2, 0.25) is 0 Å². The fraction of sp³-hybridized carbons (Fsp3) is 0. The van der Waals surface area contributed by atoms with Gasteiger partial charge in [-0.05, 0) is 57.6 Å². The Kier molecular flexibility index (Phi) is 2.68. The Hall–Kier alpha value is -2.73. The average molecular weight is 293 g/mol. The van der Waals surface area contributed by atoms with Gasteiger partial charge in [0, 0.05) is 16.0 Å². The van der Waals surface area contributed by atoms with Crippen LogP contribution in [0.4, 0.5) is 5.69 Å². The molecule has 21 heavy (non-hydrogen) atoms. The summed E-state index contributed by atoms with van der Waals surface area (Å²) >= 11 is 1.72. The third-order valence-electron chi connectivity index (χ3n) is 3.35. The molecular formula is C15H11N5S. The highest BCUT2D eigenvalue weighted by Gasteiger charge is 2.13. The van der Waals surface area contributed by atoms with E-state index in [2.05, 4.69) is 39.1 Å². The van der Waals surface area contributed by atoms with Crippen LogP contribution in [-0.4, -0.2) is 20.2 Å². The first-order valence-electron chi connectivity index (χ1n) is 6.44. The predicted octanol–water partition coefficient (Wildman–Crippen LogP) is 3.13. The summed E-state index contributed by atoms with van der Waals surface area (Å²) in [5.74, 6) is 0.641. The van der Waals surface area contributed by atoms with Crippen molar-refractivity contribution in [2.24, 2.45) is 0 Å². The smallest absolute Gasteiger partial charge is 0.189 e. The van der Waals surface area contributed by atoms with Gasteiger partial charge in [0.1, 0.15) is 0 Å². The summed E-state index contributed by atoms with van der Waals surface area (Å²) < 4.78 is 2.95. The molecule has 0 bridgehead atoms. The molecule has 2 aromatic carbocycles. The fourth-order valence-corrected chi connectivity index (χ4v) is 3.09. The molecule has 4 rings (SSSR count). The first-order chi connectivity index (χ1) is 10.3. The highest BCUT2D eigenvalue weighted by atomic mass is 32.1. The zero-order chi connectivity index (χ0) is 14.2. The largest absolute Gasteiger partial charge is 0.398 e. The van der Waals surface area contributed by atoms with E-state index in [0.29, 0.717) is 11.5 Å². The number of tetrazole rings is 1. The molecule has 0 radical (unpaired) electrons. The molecule has 0 aliphatic heterocycles. The molecule has 0 amide bonds. The van der Waals surface area contributed by atoms with Gasteiger partial charge >= 0.3 is 0 Å². The van der Waals surface area contributed by atoms with E-state index in [1.165, 1.54) is 10.1 Å². The highest BCUT2D eigenvalue weighted by molar-refractivity contribution is 7.17. The zero-order valence-electron chi connectivity index (χ0n) is 11.0. The molecule has 0 aliphatic carbocycles. The van der Waals surface area contributed by atoms with E-state index in [-0.39, 0.29) is 0 Å². The van der Waals surface area contributed by atoms with E-state index in [0.717, 1.165) is 11.3 Å². The van der Waals surface area contributed by atoms with Crippen molar-refractivity contribution in [1.29, 1.82) is 0 Å². The lowest BCUT2D eigenvalue weighted by molar-refractivity contribution is 0.792. The number of nitrogen functional groups attached to an aromatic ring is 1. The van der Waals surface area contributed by atoms with Crippen molar-refractivity contribution in [2.75, 3.05) is 5.73 Å². The summed E-state index contributed by atoms with van der Waals surface area (Å²) in [6.45, 7) is 0. The highest BCUT2D eigenvalue weighted by Crippen LogP contribution is 2.27. The van der Waals surface area contributed by atoms with E-state index in [9.17, 15) is 0 Å². The number of thiophene rings is 1. The van der Waals surface area contributed by atoms with Crippen LogP contribution in [0.5, 0.6) is 0 Å². The van der Waals surface area contributed by atoms with Crippen molar-refractivity contribution in [2.45, 2.75) is 0 Å². The Bertz CT molecular complexity index is 924. The van der Waals surface area contributed by atoms with Crippen LogP contribution in [0.25, 0.3) is 27.2 Å². The van der Waals surface area contributed by atoms with Gasteiger partial charge in [-0.1, -0.05) is 12.1 Å². The van der Waals surface area contributed by atoms with Crippen LogP contribution < -0.4 is 5.73 Å². The fourth-order valence-electron chi connectivity index (χ4n) is 2.32. The summed E-state index contributed by atoms with van der Waals surface area (Å²) in [6.07, 6.45) is 0. The molecule has 0 aliphatic rings. The minimum Gasteiger partial charge on any atom is -0.398 e. The van der Waals surface area contributed by atoms with Crippen LogP contribution in [0, 0.1) is 0 Å². The summed E-state index contributed by atoms with van der Waals surface area (Å²) in [6, 6.07) is 15.8. The third kappa shape index (κ3) is 1.96. The lowest BCUT2D eigenvalue weighted by Gasteiger charge is -2.06. The Balaban J connectivity index is 1.90. The molecule has 0 saturated heterocycles. The Morgan fingerprint density at radius 3 is 2.86 bits per heavy atom. The maximum Gasteiger partial charge on any atom is 0.189 e. The average Bonchev–Trinajstić information content (AvgIpc) is 3.15. The van der Waals surface area contributed by atoms with E-state index in [1.54, 1.807) is 16.0 Å². The Morgan fingerprint density at radius 1 is 1.05 bits per heavy atom. The molecule has 2 N–H and O–H groups in total. The van der Waals surface area contributed by atoms with E-state index >= 15 is 0 Å². The minimum atomic E-state index is 0.641. The number of para-hydroxylation sites is 1. The number of hydrogen-bond acceptors (Lipinski definition) is 5. The number of aromatic nitrogens is 4. The predicted molar refractivity (Wildman–Crippen MR) is 84.4 cm³/mol. The normalized spacial score (nSPS) is 11.0. The molecular weight excluding hydrogens is 282 g/mol. The summed E-state index contributed by atoms with van der Waals surface area (Å²) in [4.78, 5) is 0. The number of fused-ring (bicyclic) bond motifs is 1. The quantitative estimate of drug-likeness (QED) is 0.576. The number of hydrogen-bond donors (Lipinski definition) is 1. The molecule has 5 nitrogen and oxygen atoms in total. The second-order valence-electron chi connectivity index (χ2n) is 4.64. The zero-order valence-corrected chi connectivity index (χ0v) is 11.8. The molecule has 0 saturated carbocycles. The van der Waals surface area contributed by atoms with Crippen LogP contribution in [0.15, 0.2) is 53.9 Å². The molecule has 0 fully saturated rings. The van der Waals surface area contributed by atoms with Gasteiger partial charge in [-0.15, -0.1) is 16.4 Å². The number of benzene rings is 2. The van der Waals surface area contributed by atoms with Crippen molar-refractivity contribution in [3.05, 3.63) is 53.9 Å². The first kappa shape index (κ1) is 12.0. The SMILES string of the molecule is Nc1ccccc1-c1nnnn1-c1ccc2sccc2c1. The van der Waals surface area contributed by atoms with Crippen molar-refractivity contribution in [3.63, 3.8) is 0 Å². The van der Waals surface area contributed by atoms with Gasteiger partial charge in [0.05, 0.1) is 5.69 Å². The molecule has 2 aromatic heterocycles. The molecule has 0 unspecified atom stereocenters. The number of rotatable bonds is 2. The molecule has 6 heteroatoms. The number of nitrogens with zero attached hydrogens (tertiary/aromatic N) is 4. The topological polar surface area (TPSA) is 69.6 Å². The maximum absolute atomic E-state index is 6.03. The van der Waals surface area contributed by atoms with Gasteiger partial charge in [-0.25, -0.2) is 0 Å². The molecule has 102 valence electrons. The lowest BCUT2D eigenvalue weighted by atomic mass is 10.1. The summed E-state index contributed by atoms with van der Waals surface area (Å²) in [5, 5.41) is 15.3. The van der Waals surface area contributed by atoms with Crippen LogP contribution in [0.1, 0.15) is 0 Å². The molecule has 0 atom stereocenters. The maximum atomic E-state index is 6.03. The van der Waals surface area contributed by atoms with Crippen molar-refractivity contribution in [1.82, 2.24) is 20.2 Å². The van der Waals surface area contributed by atoms with Gasteiger partial charge < -0.3 is 5.73 Å². The number of nitrogens with two attached hydrogens (primary N) is 1. The van der Waals surface area contributed by atoms with Crippen LogP contribution in [0.2, 0.25) is 0 Å². The lowest BCUT2D eigenvalue weighted by Crippen LogP contribution is -2.01. The second-order valence-corrected chi connectivity index (χ2v) is 5.59. The van der Waals surface area contributed by atoms with Crippen LogP contribution >= 0.6 is 11.3 Å². The van der Waals surface area contributed by atoms with E-state index in [1.807, 2.05) is 30.3 Å². The van der Waals surface area contributed by atoms with Crippen molar-refractivity contribution in [3.8, 4) is 17.1 Å². The van der Waals surface area contributed by atoms with Crippen molar-refractivity contribution < 1.29 is 0 Å². The standard InChI is InChI=1S/C15H11N5S/c16-13-4-2-1-3-12(13)15-17-18-19-20(15)11-5-6-14-10(9-11)7-8-21-14/h1-9H,16H2. The first-order valence-corrected chi connectivity index (χ1v) is 7.32. The summed E-state index contributed by atoms with van der Waals surface area (Å²) in [7, 11) is 0. The van der Waals surface area contributed by atoms with E-state index < -0.39 is 0 Å². The van der Waals surface area contributed by atoms with E-state index in [4.69, 9.17) is 5.73 Å². The van der Waals surface area contributed by atoms with Gasteiger partial charge in [-0.2, -0.15) is 4.68 Å². The molecule has 0 spiro atoms. The van der Waals surface area contributed by atoms with Gasteiger partial charge in [0.25, 0.3) is 0 Å². The van der Waals surface area contributed by atoms with Gasteiger partial charge in [0.15, 0.2) is 5.82 Å². The Morgan fingerprint density at radius 2 is 1.95 bits per heavy atom. The van der Waals surface area contributed by atoms with Crippen LogP contribution in [-0.2, 0) is 0 Å². The molecule has 4 aromatic rings. The monoisotopic (exact) mass is 293 g/mol. The third-order valence-corrected chi connectivity index (χ3v) is 4.25. The Labute approximate surface area is 124 Å².